The molecule has 1 fully saturated rings. The monoisotopic (exact) mass is 405 g/mol. The molecule has 1 saturated heterocycles. The highest BCUT2D eigenvalue weighted by Gasteiger charge is 2.47. The van der Waals surface area contributed by atoms with Gasteiger partial charge in [-0.05, 0) is 13.8 Å². The van der Waals surface area contributed by atoms with Crippen molar-refractivity contribution in [3.05, 3.63) is 16.7 Å². The first kappa shape index (κ1) is 19.9. The summed E-state index contributed by atoms with van der Waals surface area (Å²) in [5, 5.41) is 10.7. The lowest BCUT2D eigenvalue weighted by Gasteiger charge is -2.23. The van der Waals surface area contributed by atoms with Gasteiger partial charge in [0.15, 0.2) is 17.4 Å². The fourth-order valence-corrected chi connectivity index (χ4v) is 3.21. The molecule has 0 spiro atoms. The molecule has 13 nitrogen and oxygen atoms in total. The van der Waals surface area contributed by atoms with E-state index < -0.39 is 44.5 Å². The Morgan fingerprint density at radius 3 is 2.81 bits per heavy atom. The predicted molar refractivity (Wildman–Crippen MR) is 90.5 cm³/mol. The van der Waals surface area contributed by atoms with Crippen LogP contribution in [0.15, 0.2) is 11.1 Å². The number of aliphatic hydroxyl groups is 1. The smallest absolute Gasteiger partial charge is 0.386 e. The Labute approximate surface area is 152 Å². The maximum absolute atomic E-state index is 11.9. The minimum Gasteiger partial charge on any atom is -0.386 e. The number of phosphoric ester groups is 1. The summed E-state index contributed by atoms with van der Waals surface area (Å²) in [5.41, 5.74) is 5.08. The minimum absolute atomic E-state index is 0.00348. The molecule has 4 atom stereocenters. The first-order valence-electron chi connectivity index (χ1n) is 7.98. The number of ether oxygens (including phenoxy) is 2. The van der Waals surface area contributed by atoms with Crippen molar-refractivity contribution >= 4 is 24.9 Å². The summed E-state index contributed by atoms with van der Waals surface area (Å²) in [6.07, 6.45) is -3.33. The van der Waals surface area contributed by atoms with Crippen LogP contribution in [0.3, 0.4) is 0 Å². The molecule has 0 bridgehead atoms. The standard InChI is InChI=1S/C13H20N5O8P/c1-5(2)25-9-6(3-24-27(21,22)23)26-12(8(9)19)18-4-15-7-10(18)16-13(14)17-11(7)20/h4-6,8-9,12,19H,3H2,1-2H3,(H2,21,22,23)(H3,14,16,17,20)/t6-,8?,9+,12-/m1/s1. The van der Waals surface area contributed by atoms with Crippen LogP contribution >= 0.6 is 7.82 Å². The van der Waals surface area contributed by atoms with E-state index >= 15 is 0 Å². The molecule has 0 saturated carbocycles. The van der Waals surface area contributed by atoms with Crippen LogP contribution in [-0.2, 0) is 18.6 Å². The highest BCUT2D eigenvalue weighted by Crippen LogP contribution is 2.39. The van der Waals surface area contributed by atoms with E-state index in [4.69, 9.17) is 25.0 Å². The Hall–Kier alpha value is -1.86. The van der Waals surface area contributed by atoms with Gasteiger partial charge in [-0.25, -0.2) is 9.55 Å². The van der Waals surface area contributed by atoms with Crippen LogP contribution in [-0.4, -0.2) is 65.4 Å². The van der Waals surface area contributed by atoms with Crippen molar-refractivity contribution in [3.8, 4) is 0 Å². The van der Waals surface area contributed by atoms with Crippen molar-refractivity contribution in [2.75, 3.05) is 12.3 Å². The minimum atomic E-state index is -4.74. The van der Waals surface area contributed by atoms with Gasteiger partial charge in [0.05, 0.1) is 19.0 Å². The van der Waals surface area contributed by atoms with Gasteiger partial charge in [-0.3, -0.25) is 18.9 Å². The molecular weight excluding hydrogens is 385 g/mol. The average molecular weight is 405 g/mol. The first-order valence-corrected chi connectivity index (χ1v) is 9.51. The largest absolute Gasteiger partial charge is 0.469 e. The van der Waals surface area contributed by atoms with E-state index in [1.165, 1.54) is 10.9 Å². The van der Waals surface area contributed by atoms with Gasteiger partial charge in [0, 0.05) is 0 Å². The zero-order valence-electron chi connectivity index (χ0n) is 14.4. The highest BCUT2D eigenvalue weighted by molar-refractivity contribution is 7.46. The number of rotatable bonds is 6. The Morgan fingerprint density at radius 2 is 2.19 bits per heavy atom. The highest BCUT2D eigenvalue weighted by atomic mass is 31.2. The van der Waals surface area contributed by atoms with Crippen LogP contribution in [0.5, 0.6) is 0 Å². The normalized spacial score (nSPS) is 26.3. The zero-order valence-corrected chi connectivity index (χ0v) is 15.3. The Balaban J connectivity index is 1.94. The third-order valence-electron chi connectivity index (χ3n) is 3.87. The molecule has 150 valence electrons. The molecule has 0 aromatic carbocycles. The second-order valence-corrected chi connectivity index (χ2v) is 7.51. The van der Waals surface area contributed by atoms with Crippen molar-refractivity contribution in [1.29, 1.82) is 0 Å². The molecular formula is C13H20N5O8P. The lowest BCUT2D eigenvalue weighted by molar-refractivity contribution is -0.0777. The number of H-pyrrole nitrogens is 1. The number of aliphatic hydroxyl groups excluding tert-OH is 1. The first-order chi connectivity index (χ1) is 12.6. The van der Waals surface area contributed by atoms with E-state index in [1.807, 2.05) is 0 Å². The van der Waals surface area contributed by atoms with E-state index in [1.54, 1.807) is 13.8 Å². The number of nitrogens with two attached hydrogens (primary N) is 1. The summed E-state index contributed by atoms with van der Waals surface area (Å²) in [6.45, 7) is 2.95. The second-order valence-electron chi connectivity index (χ2n) is 6.27. The third kappa shape index (κ3) is 4.19. The van der Waals surface area contributed by atoms with E-state index in [9.17, 15) is 14.5 Å². The summed E-state index contributed by atoms with van der Waals surface area (Å²) in [6, 6.07) is 0. The Bertz CT molecular complexity index is 923. The molecule has 27 heavy (non-hydrogen) atoms. The lowest BCUT2D eigenvalue weighted by atomic mass is 10.1. The number of anilines is 1. The number of hydrogen-bond acceptors (Lipinski definition) is 9. The maximum atomic E-state index is 11.9. The van der Waals surface area contributed by atoms with Gasteiger partial charge in [0.1, 0.15) is 18.3 Å². The molecule has 0 aliphatic carbocycles. The summed E-state index contributed by atoms with van der Waals surface area (Å²) in [7, 11) is -4.74. The van der Waals surface area contributed by atoms with Gasteiger partial charge < -0.3 is 30.1 Å². The molecule has 1 aliphatic rings. The van der Waals surface area contributed by atoms with Gasteiger partial charge in [0.25, 0.3) is 5.56 Å². The zero-order chi connectivity index (χ0) is 19.9. The van der Waals surface area contributed by atoms with Crippen molar-refractivity contribution in [2.45, 2.75) is 44.5 Å². The second kappa shape index (κ2) is 7.28. The molecule has 1 unspecified atom stereocenters. The molecule has 3 heterocycles. The molecule has 2 aromatic rings. The van der Waals surface area contributed by atoms with E-state index in [0.717, 1.165) is 0 Å². The van der Waals surface area contributed by atoms with Crippen LogP contribution in [0.2, 0.25) is 0 Å². The summed E-state index contributed by atoms with van der Waals surface area (Å²) in [5.74, 6) is -0.141. The SMILES string of the molecule is CC(C)O[C@@H]1C(O)[C@H](n2cnc3c(=O)[nH]c(N)nc32)O[C@@H]1COP(=O)(O)O. The van der Waals surface area contributed by atoms with Gasteiger partial charge in [-0.15, -0.1) is 0 Å². The molecule has 2 aromatic heterocycles. The predicted octanol–water partition coefficient (Wildman–Crippen LogP) is -1.14. The number of fused-ring (bicyclic) bond motifs is 1. The number of aromatic nitrogens is 4. The topological polar surface area (TPSA) is 195 Å². The van der Waals surface area contributed by atoms with Crippen molar-refractivity contribution < 1.29 is 33.5 Å². The van der Waals surface area contributed by atoms with Crippen molar-refractivity contribution in [2.24, 2.45) is 0 Å². The van der Waals surface area contributed by atoms with Crippen LogP contribution in [0, 0.1) is 0 Å². The molecule has 6 N–H and O–H groups in total. The van der Waals surface area contributed by atoms with E-state index in [2.05, 4.69) is 19.5 Å². The van der Waals surface area contributed by atoms with Crippen LogP contribution in [0.25, 0.3) is 11.2 Å². The van der Waals surface area contributed by atoms with Crippen LogP contribution in [0.4, 0.5) is 5.95 Å². The number of aromatic amines is 1. The average Bonchev–Trinajstić information content (AvgIpc) is 3.07. The molecule has 1 aliphatic heterocycles. The summed E-state index contributed by atoms with van der Waals surface area (Å²) in [4.78, 5) is 40.0. The van der Waals surface area contributed by atoms with Gasteiger partial charge >= 0.3 is 7.82 Å². The molecule has 0 amide bonds. The molecule has 0 radical (unpaired) electrons. The fourth-order valence-electron chi connectivity index (χ4n) is 2.87. The summed E-state index contributed by atoms with van der Waals surface area (Å²) >= 11 is 0. The fraction of sp³-hybridized carbons (Fsp3) is 0.615. The quantitative estimate of drug-likeness (QED) is 0.365. The van der Waals surface area contributed by atoms with Gasteiger partial charge in [-0.2, -0.15) is 4.98 Å². The Morgan fingerprint density at radius 1 is 1.48 bits per heavy atom. The maximum Gasteiger partial charge on any atom is 0.469 e. The number of nitrogens with zero attached hydrogens (tertiary/aromatic N) is 3. The van der Waals surface area contributed by atoms with E-state index in [-0.39, 0.29) is 23.2 Å². The van der Waals surface area contributed by atoms with Gasteiger partial charge in [0.2, 0.25) is 5.95 Å². The summed E-state index contributed by atoms with van der Waals surface area (Å²) < 4.78 is 28.1. The molecule has 14 heteroatoms. The third-order valence-corrected chi connectivity index (χ3v) is 4.36. The number of imidazole rings is 1. The lowest BCUT2D eigenvalue weighted by Crippen LogP contribution is -2.38. The van der Waals surface area contributed by atoms with E-state index in [0.29, 0.717) is 0 Å². The number of hydrogen-bond donors (Lipinski definition) is 5. The van der Waals surface area contributed by atoms with Crippen molar-refractivity contribution in [3.63, 3.8) is 0 Å². The van der Waals surface area contributed by atoms with Crippen LogP contribution in [0.1, 0.15) is 20.1 Å². The van der Waals surface area contributed by atoms with Gasteiger partial charge in [-0.1, -0.05) is 0 Å². The molecule has 3 rings (SSSR count). The van der Waals surface area contributed by atoms with Crippen LogP contribution < -0.4 is 11.3 Å². The number of phosphoric acid groups is 1. The number of nitrogens with one attached hydrogen (secondary N) is 1. The number of nitrogen functional groups attached to an aromatic ring is 1. The van der Waals surface area contributed by atoms with Crippen molar-refractivity contribution in [1.82, 2.24) is 19.5 Å². The Kier molecular flexibility index (Phi) is 5.36.